The highest BCUT2D eigenvalue weighted by Gasteiger charge is 2.49. The number of likely N-dealkylation sites (tertiary alicyclic amines) is 1. The van der Waals surface area contributed by atoms with E-state index in [1.165, 1.54) is 6.07 Å². The van der Waals surface area contributed by atoms with Gasteiger partial charge >= 0.3 is 5.97 Å². The fourth-order valence-corrected chi connectivity index (χ4v) is 7.12. The fraction of sp³-hybridized carbons (Fsp3) is 0.394. The summed E-state index contributed by atoms with van der Waals surface area (Å²) in [5.41, 5.74) is 3.66. The molecule has 7 rings (SSSR count). The van der Waals surface area contributed by atoms with Crippen molar-refractivity contribution in [3.63, 3.8) is 0 Å². The second-order valence-electron chi connectivity index (χ2n) is 11.9. The van der Waals surface area contributed by atoms with Crippen LogP contribution in [0.5, 0.6) is 0 Å². The number of rotatable bonds is 7. The Morgan fingerprint density at radius 1 is 1.17 bits per heavy atom. The Hall–Kier alpha value is -3.77. The first kappa shape index (κ1) is 26.1. The molecule has 3 aliphatic heterocycles. The maximum atomic E-state index is 15.5. The monoisotopic (exact) mass is 552 g/mol. The zero-order valence-corrected chi connectivity index (χ0v) is 23.1. The van der Waals surface area contributed by atoms with Crippen LogP contribution in [0.1, 0.15) is 47.2 Å². The number of halogens is 1. The molecule has 1 saturated carbocycles. The highest BCUT2D eigenvalue weighted by atomic mass is 19.1. The number of fused-ring (bicyclic) bond motifs is 4. The summed E-state index contributed by atoms with van der Waals surface area (Å²) in [7, 11) is 2.02. The van der Waals surface area contributed by atoms with E-state index in [0.717, 1.165) is 49.0 Å². The number of nitriles is 1. The number of carbonyl (C=O) groups is 1. The fourth-order valence-electron chi connectivity index (χ4n) is 7.12. The molecule has 4 aliphatic rings. The highest BCUT2D eigenvalue weighted by molar-refractivity contribution is 5.95. The van der Waals surface area contributed by atoms with Crippen molar-refractivity contribution in [2.24, 2.45) is 5.92 Å². The topological polar surface area (TPSA) is 77.8 Å². The van der Waals surface area contributed by atoms with Crippen LogP contribution < -0.4 is 10.4 Å². The van der Waals surface area contributed by atoms with E-state index in [2.05, 4.69) is 16.3 Å². The average molecular weight is 553 g/mol. The molecule has 3 aromatic carbocycles. The maximum absolute atomic E-state index is 15.5. The second-order valence-corrected chi connectivity index (χ2v) is 11.9. The molecule has 0 amide bonds. The Bertz CT molecular complexity index is 1520. The largest absolute Gasteiger partial charge is 0.449 e. The minimum absolute atomic E-state index is 0.0159. The van der Waals surface area contributed by atoms with Crippen LogP contribution in [-0.4, -0.2) is 49.3 Å². The van der Waals surface area contributed by atoms with E-state index >= 15 is 4.39 Å². The smallest absolute Gasteiger partial charge is 0.339 e. The lowest BCUT2D eigenvalue weighted by Crippen LogP contribution is -2.50. The molecular formula is C33H33FN4O3. The summed E-state index contributed by atoms with van der Waals surface area (Å²) in [6.07, 6.45) is 3.38. The first-order valence-corrected chi connectivity index (χ1v) is 14.4. The standard InChI is InChI=1S/C33H33FN4O3/c1-37-14-13-33(20-37)29-17-21(10-12-28(29)32(39)40-33)22-7-8-23(30(34)18-22)16-27(19-35)41-38(26-5-3-2-4-6-26)31-24-9-11-25(15-24)36-31/h2-8,10,12,17-18,24-25,27,31,36H,9,11,13-16,20H2,1H3/t24?,25?,27-,31?,33?/m0/s1. The predicted molar refractivity (Wildman–Crippen MR) is 152 cm³/mol. The number of benzene rings is 3. The number of para-hydroxylation sites is 1. The summed E-state index contributed by atoms with van der Waals surface area (Å²) >= 11 is 0. The molecule has 0 aromatic heterocycles. The van der Waals surface area contributed by atoms with E-state index in [1.807, 2.05) is 60.6 Å². The van der Waals surface area contributed by atoms with E-state index in [0.29, 0.717) is 35.2 Å². The van der Waals surface area contributed by atoms with Crippen molar-refractivity contribution >= 4 is 11.7 Å². The van der Waals surface area contributed by atoms with Crippen LogP contribution in [0.3, 0.4) is 0 Å². The third kappa shape index (κ3) is 4.68. The third-order valence-electron chi connectivity index (χ3n) is 9.21. The van der Waals surface area contributed by atoms with Gasteiger partial charge in [0.2, 0.25) is 0 Å². The molecule has 1 aliphatic carbocycles. The van der Waals surface area contributed by atoms with E-state index in [1.54, 1.807) is 12.1 Å². The second kappa shape index (κ2) is 10.3. The van der Waals surface area contributed by atoms with Crippen molar-refractivity contribution in [3.05, 3.63) is 89.2 Å². The molecular weight excluding hydrogens is 519 g/mol. The number of carbonyl (C=O) groups excluding carboxylic acids is 1. The van der Waals surface area contributed by atoms with Gasteiger partial charge in [-0.2, -0.15) is 5.26 Å². The molecule has 1 N–H and O–H groups in total. The van der Waals surface area contributed by atoms with Crippen LogP contribution in [0.4, 0.5) is 10.1 Å². The van der Waals surface area contributed by atoms with Gasteiger partial charge < -0.3 is 9.64 Å². The Kier molecular flexibility index (Phi) is 6.54. The van der Waals surface area contributed by atoms with Crippen molar-refractivity contribution in [1.82, 2.24) is 10.2 Å². The molecule has 5 atom stereocenters. The highest BCUT2D eigenvalue weighted by Crippen LogP contribution is 2.44. The molecule has 210 valence electrons. The van der Waals surface area contributed by atoms with Gasteiger partial charge in [0.1, 0.15) is 12.0 Å². The number of hydrogen-bond acceptors (Lipinski definition) is 7. The van der Waals surface area contributed by atoms with E-state index in [9.17, 15) is 10.1 Å². The maximum Gasteiger partial charge on any atom is 0.339 e. The summed E-state index contributed by atoms with van der Waals surface area (Å²) < 4.78 is 21.4. The molecule has 1 spiro atoms. The molecule has 41 heavy (non-hydrogen) atoms. The third-order valence-corrected chi connectivity index (χ3v) is 9.21. The number of hydrogen-bond donors (Lipinski definition) is 1. The van der Waals surface area contributed by atoms with Crippen molar-refractivity contribution < 1.29 is 18.8 Å². The zero-order chi connectivity index (χ0) is 28.1. The van der Waals surface area contributed by atoms with Crippen molar-refractivity contribution in [2.75, 3.05) is 25.2 Å². The van der Waals surface area contributed by atoms with Crippen LogP contribution in [0.25, 0.3) is 11.1 Å². The van der Waals surface area contributed by atoms with Crippen molar-refractivity contribution in [3.8, 4) is 17.2 Å². The van der Waals surface area contributed by atoms with Gasteiger partial charge in [-0.3, -0.25) is 10.2 Å². The number of piperidine rings is 1. The Labute approximate surface area is 239 Å². The molecule has 2 saturated heterocycles. The summed E-state index contributed by atoms with van der Waals surface area (Å²) in [4.78, 5) is 21.0. The number of ether oxygens (including phenoxy) is 1. The van der Waals surface area contributed by atoms with Crippen LogP contribution >= 0.6 is 0 Å². The van der Waals surface area contributed by atoms with Gasteiger partial charge in [0.15, 0.2) is 11.7 Å². The van der Waals surface area contributed by atoms with Crippen molar-refractivity contribution in [2.45, 2.75) is 56.0 Å². The van der Waals surface area contributed by atoms with E-state index in [4.69, 9.17) is 9.57 Å². The summed E-state index contributed by atoms with van der Waals surface area (Å²) in [6, 6.07) is 23.2. The minimum Gasteiger partial charge on any atom is -0.449 e. The van der Waals surface area contributed by atoms with Crippen LogP contribution in [0.15, 0.2) is 66.7 Å². The molecule has 4 unspecified atom stereocenters. The number of nitrogens with one attached hydrogen (secondary N) is 1. The molecule has 3 heterocycles. The predicted octanol–water partition coefficient (Wildman–Crippen LogP) is 5.16. The van der Waals surface area contributed by atoms with Gasteiger partial charge in [-0.25, -0.2) is 14.2 Å². The number of nitrogens with zero attached hydrogens (tertiary/aromatic N) is 3. The first-order valence-electron chi connectivity index (χ1n) is 14.4. The number of likely N-dealkylation sites (N-methyl/N-ethyl adjacent to an activating group) is 1. The van der Waals surface area contributed by atoms with Gasteiger partial charge in [-0.15, -0.1) is 0 Å². The van der Waals surface area contributed by atoms with Crippen molar-refractivity contribution in [1.29, 1.82) is 5.26 Å². The molecule has 3 fully saturated rings. The number of anilines is 1. The lowest BCUT2D eigenvalue weighted by Gasteiger charge is -2.36. The van der Waals surface area contributed by atoms with Gasteiger partial charge in [0, 0.05) is 37.5 Å². The Morgan fingerprint density at radius 2 is 1.98 bits per heavy atom. The molecule has 2 bridgehead atoms. The van der Waals surface area contributed by atoms with Crippen LogP contribution in [0.2, 0.25) is 0 Å². The number of hydroxylamine groups is 1. The van der Waals surface area contributed by atoms with Gasteiger partial charge in [0.25, 0.3) is 0 Å². The minimum atomic E-state index is -0.862. The Morgan fingerprint density at radius 3 is 2.66 bits per heavy atom. The van der Waals surface area contributed by atoms with Gasteiger partial charge in [-0.05, 0) is 79.3 Å². The van der Waals surface area contributed by atoms with Crippen LogP contribution in [-0.2, 0) is 21.6 Å². The summed E-state index contributed by atoms with van der Waals surface area (Å²) in [5, 5.41) is 15.5. The summed E-state index contributed by atoms with van der Waals surface area (Å²) in [6.45, 7) is 1.50. The Balaban J connectivity index is 1.12. The first-order chi connectivity index (χ1) is 19.9. The normalized spacial score (nSPS) is 27.1. The average Bonchev–Trinajstić information content (AvgIpc) is 3.77. The van der Waals surface area contributed by atoms with Gasteiger partial charge in [-0.1, -0.05) is 36.4 Å². The number of esters is 1. The SMILES string of the molecule is CN1CCC2(C1)OC(=O)c1ccc(-c3ccc(C[C@@H](C#N)ON(c4ccccc4)C4NC5CCC4C5)c(F)c3)cc12. The molecule has 3 aromatic rings. The zero-order valence-electron chi connectivity index (χ0n) is 23.1. The van der Waals surface area contributed by atoms with Crippen LogP contribution in [0, 0.1) is 23.1 Å². The summed E-state index contributed by atoms with van der Waals surface area (Å²) in [5.74, 6) is -0.234. The van der Waals surface area contributed by atoms with E-state index < -0.39 is 17.5 Å². The molecule has 7 nitrogen and oxygen atoms in total. The lowest BCUT2D eigenvalue weighted by molar-refractivity contribution is -0.00224. The van der Waals surface area contributed by atoms with Gasteiger partial charge in [0.05, 0.1) is 17.3 Å². The quantitative estimate of drug-likeness (QED) is 0.320. The lowest BCUT2D eigenvalue weighted by atomic mass is 9.88. The van der Waals surface area contributed by atoms with E-state index in [-0.39, 0.29) is 18.6 Å². The molecule has 0 radical (unpaired) electrons. The molecule has 8 heteroatoms.